The molecule has 0 aliphatic rings. The maximum Gasteiger partial charge on any atom is 0.327 e. The molecule has 1 unspecified atom stereocenters. The Hall–Kier alpha value is -3.85. The molecule has 188 valence electrons. The Balaban J connectivity index is 1.59. The van der Waals surface area contributed by atoms with Gasteiger partial charge in [-0.2, -0.15) is 0 Å². The van der Waals surface area contributed by atoms with Crippen molar-refractivity contribution in [1.82, 2.24) is 24.8 Å². The Morgan fingerprint density at radius 3 is 2.61 bits per heavy atom. The van der Waals surface area contributed by atoms with Crippen molar-refractivity contribution in [3.05, 3.63) is 77.3 Å². The average molecular weight is 509 g/mol. The topological polar surface area (TPSA) is 114 Å². The van der Waals surface area contributed by atoms with Crippen LogP contribution >= 0.6 is 11.6 Å². The number of hydrogen-bond acceptors (Lipinski definition) is 6. The highest BCUT2D eigenvalue weighted by atomic mass is 35.5. The van der Waals surface area contributed by atoms with Crippen molar-refractivity contribution in [3.8, 4) is 0 Å². The Morgan fingerprint density at radius 1 is 1.14 bits per heavy atom. The SMILES string of the molecule is CC(C)(C)C(=O)OCC(C)(Nc1nc2cccc(CNC(=O)n3ccnc3)c2[nH]1)c1cccc(Cl)c1. The van der Waals surface area contributed by atoms with Crippen LogP contribution in [0.2, 0.25) is 5.02 Å². The van der Waals surface area contributed by atoms with Crippen LogP contribution in [0.4, 0.5) is 10.7 Å². The molecule has 2 aromatic heterocycles. The Labute approximate surface area is 214 Å². The highest BCUT2D eigenvalue weighted by Gasteiger charge is 2.32. The molecule has 0 spiro atoms. The summed E-state index contributed by atoms with van der Waals surface area (Å²) in [7, 11) is 0. The summed E-state index contributed by atoms with van der Waals surface area (Å²) < 4.78 is 7.07. The molecule has 1 atom stereocenters. The quantitative estimate of drug-likeness (QED) is 0.300. The Morgan fingerprint density at radius 2 is 1.92 bits per heavy atom. The van der Waals surface area contributed by atoms with Crippen molar-refractivity contribution in [2.24, 2.45) is 5.41 Å². The number of halogens is 1. The number of aromatic amines is 1. The molecule has 0 bridgehead atoms. The molecule has 0 aliphatic heterocycles. The van der Waals surface area contributed by atoms with E-state index in [1.807, 2.05) is 64.1 Å². The van der Waals surface area contributed by atoms with Crippen LogP contribution in [-0.2, 0) is 21.6 Å². The number of para-hydroxylation sites is 1. The van der Waals surface area contributed by atoms with Crippen LogP contribution in [-0.4, -0.2) is 38.1 Å². The lowest BCUT2D eigenvalue weighted by atomic mass is 9.92. The first kappa shape index (κ1) is 25.2. The molecule has 4 aromatic rings. The van der Waals surface area contributed by atoms with E-state index in [9.17, 15) is 9.59 Å². The number of aromatic nitrogens is 4. The van der Waals surface area contributed by atoms with E-state index in [0.29, 0.717) is 17.5 Å². The van der Waals surface area contributed by atoms with Crippen LogP contribution in [0.1, 0.15) is 38.8 Å². The van der Waals surface area contributed by atoms with E-state index in [1.54, 1.807) is 18.5 Å². The van der Waals surface area contributed by atoms with Crippen LogP contribution < -0.4 is 10.6 Å². The van der Waals surface area contributed by atoms with Gasteiger partial charge < -0.3 is 20.4 Å². The fraction of sp³-hybridized carbons (Fsp3) is 0.308. The van der Waals surface area contributed by atoms with Crippen LogP contribution in [0.25, 0.3) is 11.0 Å². The van der Waals surface area contributed by atoms with Gasteiger partial charge in [0.1, 0.15) is 12.9 Å². The van der Waals surface area contributed by atoms with E-state index in [0.717, 1.165) is 22.2 Å². The van der Waals surface area contributed by atoms with E-state index >= 15 is 0 Å². The number of esters is 1. The molecule has 2 aromatic carbocycles. The lowest BCUT2D eigenvalue weighted by Gasteiger charge is -2.32. The van der Waals surface area contributed by atoms with Gasteiger partial charge in [0.2, 0.25) is 5.95 Å². The van der Waals surface area contributed by atoms with Crippen molar-refractivity contribution in [2.75, 3.05) is 11.9 Å². The highest BCUT2D eigenvalue weighted by molar-refractivity contribution is 6.30. The van der Waals surface area contributed by atoms with Gasteiger partial charge in [0.15, 0.2) is 0 Å². The van der Waals surface area contributed by atoms with E-state index in [4.69, 9.17) is 21.3 Å². The Bertz CT molecular complexity index is 1380. The first-order valence-electron chi connectivity index (χ1n) is 11.5. The summed E-state index contributed by atoms with van der Waals surface area (Å²) in [6, 6.07) is 12.8. The van der Waals surface area contributed by atoms with Crippen LogP contribution in [0.15, 0.2) is 61.2 Å². The fourth-order valence-electron chi connectivity index (χ4n) is 3.65. The van der Waals surface area contributed by atoms with E-state index in [2.05, 4.69) is 20.6 Å². The maximum atomic E-state index is 12.5. The smallest absolute Gasteiger partial charge is 0.327 e. The number of fused-ring (bicyclic) bond motifs is 1. The minimum absolute atomic E-state index is 0.0638. The van der Waals surface area contributed by atoms with Crippen LogP contribution in [0, 0.1) is 5.41 Å². The molecular weight excluding hydrogens is 480 g/mol. The van der Waals surface area contributed by atoms with Crippen molar-refractivity contribution in [1.29, 1.82) is 0 Å². The number of amides is 1. The molecule has 9 nitrogen and oxygen atoms in total. The van der Waals surface area contributed by atoms with Crippen molar-refractivity contribution >= 4 is 40.6 Å². The molecule has 10 heteroatoms. The Kier molecular flexibility index (Phi) is 7.03. The molecule has 0 saturated heterocycles. The summed E-state index contributed by atoms with van der Waals surface area (Å²) in [5.41, 5.74) is 1.76. The van der Waals surface area contributed by atoms with Gasteiger partial charge in [-0.05, 0) is 57.0 Å². The molecule has 3 N–H and O–H groups in total. The zero-order valence-corrected chi connectivity index (χ0v) is 21.4. The zero-order chi connectivity index (χ0) is 25.9. The van der Waals surface area contributed by atoms with Gasteiger partial charge in [0, 0.05) is 24.0 Å². The molecule has 0 fully saturated rings. The molecule has 1 amide bonds. The van der Waals surface area contributed by atoms with Gasteiger partial charge in [-0.25, -0.2) is 14.8 Å². The van der Waals surface area contributed by atoms with Crippen LogP contribution in [0.5, 0.6) is 0 Å². The number of anilines is 1. The minimum Gasteiger partial charge on any atom is -0.462 e. The normalized spacial score (nSPS) is 13.2. The van der Waals surface area contributed by atoms with Gasteiger partial charge >= 0.3 is 12.0 Å². The molecule has 0 aliphatic carbocycles. The molecule has 36 heavy (non-hydrogen) atoms. The monoisotopic (exact) mass is 508 g/mol. The number of carbonyl (C=O) groups excluding carboxylic acids is 2. The summed E-state index contributed by atoms with van der Waals surface area (Å²) in [5.74, 6) is 0.186. The van der Waals surface area contributed by atoms with Gasteiger partial charge in [0.05, 0.1) is 22.0 Å². The van der Waals surface area contributed by atoms with Gasteiger partial charge in [-0.1, -0.05) is 35.9 Å². The number of ether oxygens (including phenoxy) is 1. The van der Waals surface area contributed by atoms with Gasteiger partial charge in [-0.15, -0.1) is 0 Å². The van der Waals surface area contributed by atoms with E-state index < -0.39 is 11.0 Å². The first-order valence-corrected chi connectivity index (χ1v) is 11.9. The first-order chi connectivity index (χ1) is 17.0. The predicted molar refractivity (Wildman–Crippen MR) is 139 cm³/mol. The second-order valence-electron chi connectivity index (χ2n) is 9.82. The molecule has 4 rings (SSSR count). The highest BCUT2D eigenvalue weighted by Crippen LogP contribution is 2.30. The third kappa shape index (κ3) is 5.68. The number of H-pyrrole nitrogens is 1. The third-order valence-corrected chi connectivity index (χ3v) is 5.97. The number of hydrogen-bond donors (Lipinski definition) is 3. The number of nitrogens with one attached hydrogen (secondary N) is 3. The molecule has 0 saturated carbocycles. The molecule has 0 radical (unpaired) electrons. The maximum absolute atomic E-state index is 12.5. The number of nitrogens with zero attached hydrogens (tertiary/aromatic N) is 3. The van der Waals surface area contributed by atoms with Crippen molar-refractivity contribution < 1.29 is 14.3 Å². The summed E-state index contributed by atoms with van der Waals surface area (Å²) in [4.78, 5) is 36.7. The van der Waals surface area contributed by atoms with Gasteiger partial charge in [0.25, 0.3) is 0 Å². The molecular formula is C26H29ClN6O3. The predicted octanol–water partition coefficient (Wildman–Crippen LogP) is 5.09. The summed E-state index contributed by atoms with van der Waals surface area (Å²) >= 11 is 6.27. The van der Waals surface area contributed by atoms with E-state index in [-0.39, 0.29) is 18.6 Å². The second kappa shape index (κ2) is 10.0. The van der Waals surface area contributed by atoms with Crippen LogP contribution in [0.3, 0.4) is 0 Å². The van der Waals surface area contributed by atoms with E-state index in [1.165, 1.54) is 10.9 Å². The summed E-state index contributed by atoms with van der Waals surface area (Å²) in [5, 5.41) is 6.85. The number of carbonyl (C=O) groups is 2. The third-order valence-electron chi connectivity index (χ3n) is 5.73. The van der Waals surface area contributed by atoms with Gasteiger partial charge in [-0.3, -0.25) is 9.36 Å². The fourth-order valence-corrected chi connectivity index (χ4v) is 3.84. The number of imidazole rings is 2. The lowest BCUT2D eigenvalue weighted by Crippen LogP contribution is -2.39. The van der Waals surface area contributed by atoms with Crippen molar-refractivity contribution in [2.45, 2.75) is 39.8 Å². The standard InChI is InChI=1S/C26H29ClN6O3/c1-25(2,3)22(34)36-15-26(4,18-8-6-9-19(27)13-18)32-23-30-20-10-5-7-17(21(20)31-23)14-29-24(35)33-12-11-28-16-33/h5-13,16H,14-15H2,1-4H3,(H,29,35)(H2,30,31,32). The number of rotatable bonds is 7. The number of benzene rings is 2. The average Bonchev–Trinajstić information content (AvgIpc) is 3.50. The second-order valence-corrected chi connectivity index (χ2v) is 10.3. The van der Waals surface area contributed by atoms with Crippen molar-refractivity contribution in [3.63, 3.8) is 0 Å². The summed E-state index contributed by atoms with van der Waals surface area (Å²) in [6.45, 7) is 7.72. The summed E-state index contributed by atoms with van der Waals surface area (Å²) in [6.07, 6.45) is 4.57. The lowest BCUT2D eigenvalue weighted by molar-refractivity contribution is -0.154. The largest absolute Gasteiger partial charge is 0.462 e. The minimum atomic E-state index is -0.824. The zero-order valence-electron chi connectivity index (χ0n) is 20.6. The molecule has 2 heterocycles.